The molecular formula is C26H32F2N4O8S2. The van der Waals surface area contributed by atoms with Gasteiger partial charge >= 0.3 is 11.9 Å². The molecule has 0 bridgehead atoms. The lowest BCUT2D eigenvalue weighted by molar-refractivity contribution is -0.149. The third kappa shape index (κ3) is 8.08. The van der Waals surface area contributed by atoms with Gasteiger partial charge in [0.05, 0.1) is 9.79 Å². The summed E-state index contributed by atoms with van der Waals surface area (Å²) in [5.74, 6) is -2.94. The van der Waals surface area contributed by atoms with Crippen molar-refractivity contribution >= 4 is 37.8 Å². The Morgan fingerprint density at radius 2 is 1.21 bits per heavy atom. The molecule has 0 radical (unpaired) electrons. The van der Waals surface area contributed by atoms with Gasteiger partial charge in [0.15, 0.2) is 0 Å². The minimum Gasteiger partial charge on any atom is -0.480 e. The molecule has 16 heteroatoms. The third-order valence-electron chi connectivity index (χ3n) is 6.58. The van der Waals surface area contributed by atoms with Crippen LogP contribution in [0.5, 0.6) is 0 Å². The Kier molecular flexibility index (Phi) is 11.1. The van der Waals surface area contributed by atoms with Crippen molar-refractivity contribution < 1.29 is 45.1 Å². The Morgan fingerprint density at radius 1 is 0.810 bits per heavy atom. The lowest BCUT2D eigenvalue weighted by Gasteiger charge is -2.32. The summed E-state index contributed by atoms with van der Waals surface area (Å²) in [7, 11) is -7.81. The normalized spacial score (nSPS) is 20.7. The first-order valence-corrected chi connectivity index (χ1v) is 15.9. The maximum absolute atomic E-state index is 13.0. The molecule has 0 spiro atoms. The van der Waals surface area contributed by atoms with Gasteiger partial charge in [0.2, 0.25) is 20.0 Å². The first-order valence-electron chi connectivity index (χ1n) is 13.0. The van der Waals surface area contributed by atoms with Crippen molar-refractivity contribution in [3.05, 3.63) is 60.2 Å². The Hall–Kier alpha value is -3.47. The number of carboxylic acid groups (broad SMARTS) is 1. The summed E-state index contributed by atoms with van der Waals surface area (Å²) in [6.45, 7) is 1.81. The number of nitrogens with zero attached hydrogens (tertiary/aromatic N) is 3. The average molecular weight is 631 g/mol. The van der Waals surface area contributed by atoms with E-state index in [1.807, 2.05) is 0 Å². The number of aliphatic carboxylic acids is 1. The minimum absolute atomic E-state index is 0.0575. The van der Waals surface area contributed by atoms with Crippen LogP contribution >= 0.6 is 0 Å². The molecule has 0 aliphatic carbocycles. The van der Waals surface area contributed by atoms with E-state index in [-0.39, 0.29) is 28.7 Å². The van der Waals surface area contributed by atoms with Crippen LogP contribution < -0.4 is 5.73 Å². The highest BCUT2D eigenvalue weighted by atomic mass is 32.2. The Balaban J connectivity index is 0.000000235. The number of sulfonamides is 2. The van der Waals surface area contributed by atoms with Gasteiger partial charge < -0.3 is 15.7 Å². The van der Waals surface area contributed by atoms with E-state index in [4.69, 9.17) is 10.8 Å². The largest absolute Gasteiger partial charge is 0.480 e. The highest BCUT2D eigenvalue weighted by Gasteiger charge is 2.39. The van der Waals surface area contributed by atoms with E-state index in [1.54, 1.807) is 0 Å². The van der Waals surface area contributed by atoms with Crippen LogP contribution in [-0.4, -0.2) is 73.5 Å². The molecule has 230 valence electrons. The first kappa shape index (κ1) is 33.0. The number of amidine groups is 1. The Morgan fingerprint density at radius 3 is 1.62 bits per heavy atom. The van der Waals surface area contributed by atoms with E-state index in [9.17, 15) is 35.2 Å². The zero-order valence-corrected chi connectivity index (χ0v) is 24.4. The number of halogens is 2. The molecule has 0 unspecified atom stereocenters. The summed E-state index contributed by atoms with van der Waals surface area (Å²) in [6.07, 6.45) is 3.27. The van der Waals surface area contributed by atoms with Crippen LogP contribution in [0, 0.1) is 11.6 Å². The van der Waals surface area contributed by atoms with E-state index >= 15 is 0 Å². The molecule has 2 aliphatic heterocycles. The van der Waals surface area contributed by atoms with E-state index in [1.165, 1.54) is 19.1 Å². The standard InChI is InChI=1S/C14H18FN3O4S.C12H14FNO4S/c1-10(16)17-22-14(19)13-4-2-3-9-18(13)23(20,21)12-7-5-11(15)6-8-12;13-9-4-6-10(7-5-9)19(17,18)14-8-2-1-3-11(14)12(15)16/h5-8,13H,2-4,9H2,1H3,(H2,16,17);4-7,11H,1-3,8H2,(H,15,16)/t13-;11-/m00/s1. The van der Waals surface area contributed by atoms with Gasteiger partial charge in [-0.25, -0.2) is 30.4 Å². The quantitative estimate of drug-likeness (QED) is 0.202. The topological polar surface area (TPSA) is 177 Å². The number of piperidine rings is 2. The van der Waals surface area contributed by atoms with Gasteiger partial charge in [-0.15, -0.1) is 0 Å². The maximum atomic E-state index is 13.0. The molecule has 0 aromatic heterocycles. The summed E-state index contributed by atoms with van der Waals surface area (Å²) < 4.78 is 78.0. The van der Waals surface area contributed by atoms with E-state index in [2.05, 4.69) is 9.99 Å². The smallest absolute Gasteiger partial charge is 0.353 e. The van der Waals surface area contributed by atoms with Gasteiger partial charge in [-0.1, -0.05) is 5.16 Å². The van der Waals surface area contributed by atoms with Crippen molar-refractivity contribution in [1.29, 1.82) is 0 Å². The molecule has 2 aliphatic rings. The molecule has 0 saturated carbocycles. The third-order valence-corrected chi connectivity index (χ3v) is 10.4. The fourth-order valence-electron chi connectivity index (χ4n) is 4.53. The number of nitrogens with two attached hydrogens (primary N) is 1. The van der Waals surface area contributed by atoms with Crippen molar-refractivity contribution in [2.75, 3.05) is 13.1 Å². The molecular weight excluding hydrogens is 598 g/mol. The highest BCUT2D eigenvalue weighted by Crippen LogP contribution is 2.27. The van der Waals surface area contributed by atoms with Crippen LogP contribution in [0.15, 0.2) is 63.5 Å². The van der Waals surface area contributed by atoms with Crippen molar-refractivity contribution in [3.63, 3.8) is 0 Å². The van der Waals surface area contributed by atoms with Crippen LogP contribution in [0.3, 0.4) is 0 Å². The van der Waals surface area contributed by atoms with Gasteiger partial charge in [-0.2, -0.15) is 8.61 Å². The van der Waals surface area contributed by atoms with Gasteiger partial charge in [0.1, 0.15) is 29.6 Å². The zero-order chi connectivity index (χ0) is 31.1. The van der Waals surface area contributed by atoms with Gasteiger partial charge in [0, 0.05) is 13.1 Å². The number of oxime groups is 1. The molecule has 2 fully saturated rings. The molecule has 4 rings (SSSR count). The average Bonchev–Trinajstić information content (AvgIpc) is 2.96. The molecule has 2 aromatic carbocycles. The zero-order valence-electron chi connectivity index (χ0n) is 22.7. The molecule has 2 saturated heterocycles. The molecule has 42 heavy (non-hydrogen) atoms. The second-order valence-electron chi connectivity index (χ2n) is 9.64. The van der Waals surface area contributed by atoms with Gasteiger partial charge in [-0.05, 0) is 94.0 Å². The Bertz CT molecular complexity index is 1500. The second-order valence-corrected chi connectivity index (χ2v) is 13.4. The Labute approximate surface area is 242 Å². The van der Waals surface area contributed by atoms with E-state index in [0.29, 0.717) is 38.5 Å². The van der Waals surface area contributed by atoms with Crippen molar-refractivity contribution in [1.82, 2.24) is 8.61 Å². The molecule has 3 N–H and O–H groups in total. The summed E-state index contributed by atoms with van der Waals surface area (Å²) >= 11 is 0. The fraction of sp³-hybridized carbons (Fsp3) is 0.423. The van der Waals surface area contributed by atoms with Crippen LogP contribution in [0.25, 0.3) is 0 Å². The number of benzene rings is 2. The molecule has 2 atom stereocenters. The summed E-state index contributed by atoms with van der Waals surface area (Å²) in [4.78, 5) is 27.8. The van der Waals surface area contributed by atoms with E-state index in [0.717, 1.165) is 45.0 Å². The van der Waals surface area contributed by atoms with Crippen LogP contribution in [0.1, 0.15) is 45.4 Å². The monoisotopic (exact) mass is 630 g/mol. The van der Waals surface area contributed by atoms with E-state index < -0.39 is 55.7 Å². The highest BCUT2D eigenvalue weighted by molar-refractivity contribution is 7.89. The number of carbonyl (C=O) groups excluding carboxylic acids is 1. The molecule has 12 nitrogen and oxygen atoms in total. The first-order chi connectivity index (χ1) is 19.7. The number of rotatable bonds is 7. The van der Waals surface area contributed by atoms with Crippen LogP contribution in [0.4, 0.5) is 8.78 Å². The predicted octanol–water partition coefficient (Wildman–Crippen LogP) is 2.66. The SMILES string of the molecule is C/C(N)=N/OC(=O)[C@@H]1CCCCN1S(=O)(=O)c1ccc(F)cc1.O=C(O)[C@@H]1CCCCN1S(=O)(=O)c1ccc(F)cc1. The number of hydrogen-bond acceptors (Lipinski definition) is 8. The number of hydrogen-bond donors (Lipinski definition) is 2. The maximum Gasteiger partial charge on any atom is 0.353 e. The minimum atomic E-state index is -3.93. The predicted molar refractivity (Wildman–Crippen MR) is 147 cm³/mol. The van der Waals surface area contributed by atoms with Crippen LogP contribution in [-0.2, 0) is 34.5 Å². The summed E-state index contributed by atoms with van der Waals surface area (Å²) in [6, 6.07) is 6.85. The number of carbonyl (C=O) groups is 2. The summed E-state index contributed by atoms with van der Waals surface area (Å²) in [5, 5.41) is 12.5. The summed E-state index contributed by atoms with van der Waals surface area (Å²) in [5.41, 5.74) is 5.30. The number of carboxylic acids is 1. The van der Waals surface area contributed by atoms with Crippen molar-refractivity contribution in [2.24, 2.45) is 10.9 Å². The fourth-order valence-corrected chi connectivity index (χ4v) is 7.83. The lowest BCUT2D eigenvalue weighted by atomic mass is 10.1. The molecule has 0 amide bonds. The van der Waals surface area contributed by atoms with Crippen molar-refractivity contribution in [2.45, 2.75) is 67.3 Å². The van der Waals surface area contributed by atoms with Gasteiger partial charge in [0.25, 0.3) is 0 Å². The van der Waals surface area contributed by atoms with Gasteiger partial charge in [-0.3, -0.25) is 4.79 Å². The lowest BCUT2D eigenvalue weighted by Crippen LogP contribution is -2.48. The van der Waals surface area contributed by atoms with Crippen molar-refractivity contribution in [3.8, 4) is 0 Å². The second kappa shape index (κ2) is 14.1. The molecule has 2 heterocycles. The molecule has 2 aromatic rings. The van der Waals surface area contributed by atoms with Crippen LogP contribution in [0.2, 0.25) is 0 Å².